The van der Waals surface area contributed by atoms with Crippen LogP contribution in [0, 0.1) is 6.92 Å². The van der Waals surface area contributed by atoms with E-state index in [9.17, 15) is 0 Å². The van der Waals surface area contributed by atoms with E-state index in [1.54, 1.807) is 0 Å². The summed E-state index contributed by atoms with van der Waals surface area (Å²) >= 11 is 0. The van der Waals surface area contributed by atoms with Crippen molar-refractivity contribution in [3.05, 3.63) is 23.9 Å². The van der Waals surface area contributed by atoms with Gasteiger partial charge >= 0.3 is 0 Å². The molecule has 0 bridgehead atoms. The van der Waals surface area contributed by atoms with Gasteiger partial charge in [-0.2, -0.15) is 0 Å². The third-order valence-electron chi connectivity index (χ3n) is 2.06. The van der Waals surface area contributed by atoms with Gasteiger partial charge in [0.25, 0.3) is 0 Å². The van der Waals surface area contributed by atoms with Crippen molar-refractivity contribution in [2.24, 2.45) is 5.73 Å². The summed E-state index contributed by atoms with van der Waals surface area (Å²) in [6.07, 6.45) is 3.97. The summed E-state index contributed by atoms with van der Waals surface area (Å²) in [6.45, 7) is 5.04. The van der Waals surface area contributed by atoms with E-state index in [-0.39, 0.29) is 0 Å². The first-order chi connectivity index (χ1) is 6.68. The molecule has 78 valence electrons. The highest BCUT2D eigenvalue weighted by atomic mass is 15.0. The van der Waals surface area contributed by atoms with Crippen LogP contribution in [0.3, 0.4) is 0 Å². The predicted octanol–water partition coefficient (Wildman–Crippen LogP) is 1.93. The maximum atomic E-state index is 5.65. The third kappa shape index (κ3) is 4.23. The Bertz CT molecular complexity index is 271. The molecule has 1 aromatic rings. The lowest BCUT2D eigenvalue weighted by molar-refractivity contribution is 0.639. The zero-order valence-corrected chi connectivity index (χ0v) is 8.96. The van der Waals surface area contributed by atoms with Crippen molar-refractivity contribution in [3.8, 4) is 0 Å². The molecule has 1 atom stereocenters. The first kappa shape index (κ1) is 11.0. The summed E-state index contributed by atoms with van der Waals surface area (Å²) in [5.74, 6) is 0.953. The van der Waals surface area contributed by atoms with Crippen LogP contribution in [0.5, 0.6) is 0 Å². The fourth-order valence-electron chi connectivity index (χ4n) is 1.27. The lowest BCUT2D eigenvalue weighted by Gasteiger charge is -2.07. The Hall–Kier alpha value is -1.09. The Balaban J connectivity index is 2.25. The van der Waals surface area contributed by atoms with E-state index in [0.717, 1.165) is 25.2 Å². The second kappa shape index (κ2) is 5.60. The number of rotatable bonds is 5. The Kier molecular flexibility index (Phi) is 4.40. The fraction of sp³-hybridized carbons (Fsp3) is 0.545. The second-order valence-electron chi connectivity index (χ2n) is 3.76. The van der Waals surface area contributed by atoms with Gasteiger partial charge in [-0.25, -0.2) is 4.98 Å². The van der Waals surface area contributed by atoms with Crippen molar-refractivity contribution < 1.29 is 0 Å². The third-order valence-corrected chi connectivity index (χ3v) is 2.06. The molecule has 1 unspecified atom stereocenters. The molecule has 14 heavy (non-hydrogen) atoms. The standard InChI is InChI=1S/C11H19N3/c1-9-5-7-14-11(8-9)13-6-3-4-10(2)12/h5,7-8,10H,3-4,6,12H2,1-2H3,(H,13,14). The van der Waals surface area contributed by atoms with Crippen molar-refractivity contribution >= 4 is 5.82 Å². The Morgan fingerprint density at radius 2 is 2.36 bits per heavy atom. The summed E-state index contributed by atoms with van der Waals surface area (Å²) in [5.41, 5.74) is 6.88. The Labute approximate surface area is 85.7 Å². The van der Waals surface area contributed by atoms with E-state index in [4.69, 9.17) is 5.73 Å². The van der Waals surface area contributed by atoms with Crippen LogP contribution in [0.15, 0.2) is 18.3 Å². The van der Waals surface area contributed by atoms with Crippen molar-refractivity contribution in [2.45, 2.75) is 32.7 Å². The number of anilines is 1. The monoisotopic (exact) mass is 193 g/mol. The number of hydrogen-bond donors (Lipinski definition) is 2. The van der Waals surface area contributed by atoms with Gasteiger partial charge in [-0.1, -0.05) is 0 Å². The van der Waals surface area contributed by atoms with Crippen LogP contribution in [-0.2, 0) is 0 Å². The lowest BCUT2D eigenvalue weighted by atomic mass is 10.2. The molecular weight excluding hydrogens is 174 g/mol. The van der Waals surface area contributed by atoms with Gasteiger partial charge in [0, 0.05) is 18.8 Å². The second-order valence-corrected chi connectivity index (χ2v) is 3.76. The molecule has 0 radical (unpaired) electrons. The first-order valence-electron chi connectivity index (χ1n) is 5.10. The van der Waals surface area contributed by atoms with Gasteiger partial charge in [-0.15, -0.1) is 0 Å². The van der Waals surface area contributed by atoms with E-state index in [2.05, 4.69) is 17.2 Å². The smallest absolute Gasteiger partial charge is 0.126 e. The number of nitrogens with one attached hydrogen (secondary N) is 1. The summed E-state index contributed by atoms with van der Waals surface area (Å²) < 4.78 is 0. The normalized spacial score (nSPS) is 12.5. The van der Waals surface area contributed by atoms with Crippen LogP contribution in [0.1, 0.15) is 25.3 Å². The lowest BCUT2D eigenvalue weighted by Crippen LogP contribution is -2.16. The topological polar surface area (TPSA) is 50.9 Å². The number of nitrogens with two attached hydrogens (primary N) is 1. The van der Waals surface area contributed by atoms with E-state index in [1.165, 1.54) is 5.56 Å². The molecule has 3 nitrogen and oxygen atoms in total. The highest BCUT2D eigenvalue weighted by Crippen LogP contribution is 2.05. The largest absolute Gasteiger partial charge is 0.370 e. The van der Waals surface area contributed by atoms with Gasteiger partial charge in [-0.3, -0.25) is 0 Å². The highest BCUT2D eigenvalue weighted by molar-refractivity contribution is 5.36. The van der Waals surface area contributed by atoms with Crippen molar-refractivity contribution in [3.63, 3.8) is 0 Å². The van der Waals surface area contributed by atoms with Gasteiger partial charge in [-0.05, 0) is 44.4 Å². The van der Waals surface area contributed by atoms with Crippen LogP contribution in [0.4, 0.5) is 5.82 Å². The minimum Gasteiger partial charge on any atom is -0.370 e. The predicted molar refractivity (Wildman–Crippen MR) is 60.3 cm³/mol. The maximum Gasteiger partial charge on any atom is 0.126 e. The molecule has 0 aromatic carbocycles. The van der Waals surface area contributed by atoms with Crippen molar-refractivity contribution in [1.82, 2.24) is 4.98 Å². The van der Waals surface area contributed by atoms with Crippen LogP contribution >= 0.6 is 0 Å². The van der Waals surface area contributed by atoms with Crippen molar-refractivity contribution in [1.29, 1.82) is 0 Å². The zero-order chi connectivity index (χ0) is 10.4. The molecule has 0 saturated heterocycles. The molecule has 0 fully saturated rings. The van der Waals surface area contributed by atoms with E-state index >= 15 is 0 Å². The number of nitrogens with zero attached hydrogens (tertiary/aromatic N) is 1. The Morgan fingerprint density at radius 3 is 3.00 bits per heavy atom. The van der Waals surface area contributed by atoms with Crippen molar-refractivity contribution in [2.75, 3.05) is 11.9 Å². The highest BCUT2D eigenvalue weighted by Gasteiger charge is 1.95. The van der Waals surface area contributed by atoms with E-state index in [1.807, 2.05) is 25.3 Å². The minimum absolute atomic E-state index is 0.294. The molecular formula is C11H19N3. The molecule has 0 aliphatic carbocycles. The molecule has 3 heteroatoms. The average Bonchev–Trinajstić information content (AvgIpc) is 2.12. The fourth-order valence-corrected chi connectivity index (χ4v) is 1.27. The molecule has 3 N–H and O–H groups in total. The van der Waals surface area contributed by atoms with Gasteiger partial charge in [0.15, 0.2) is 0 Å². The Morgan fingerprint density at radius 1 is 1.57 bits per heavy atom. The zero-order valence-electron chi connectivity index (χ0n) is 8.96. The molecule has 1 heterocycles. The van der Waals surface area contributed by atoms with Crippen LogP contribution < -0.4 is 11.1 Å². The molecule has 1 aromatic heterocycles. The van der Waals surface area contributed by atoms with E-state index in [0.29, 0.717) is 6.04 Å². The minimum atomic E-state index is 0.294. The van der Waals surface area contributed by atoms with Crippen LogP contribution in [0.25, 0.3) is 0 Å². The van der Waals surface area contributed by atoms with Crippen LogP contribution in [-0.4, -0.2) is 17.6 Å². The number of aromatic nitrogens is 1. The summed E-state index contributed by atoms with van der Waals surface area (Å²) in [4.78, 5) is 4.21. The van der Waals surface area contributed by atoms with Crippen LogP contribution in [0.2, 0.25) is 0 Å². The van der Waals surface area contributed by atoms with Gasteiger partial charge in [0.1, 0.15) is 5.82 Å². The molecule has 0 aliphatic rings. The maximum absolute atomic E-state index is 5.65. The van der Waals surface area contributed by atoms with Gasteiger partial charge in [0.05, 0.1) is 0 Å². The first-order valence-corrected chi connectivity index (χ1v) is 5.10. The molecule has 0 spiro atoms. The molecule has 1 rings (SSSR count). The molecule has 0 aliphatic heterocycles. The van der Waals surface area contributed by atoms with Gasteiger partial charge < -0.3 is 11.1 Å². The SMILES string of the molecule is Cc1ccnc(NCCCC(C)N)c1. The number of hydrogen-bond acceptors (Lipinski definition) is 3. The number of pyridine rings is 1. The summed E-state index contributed by atoms with van der Waals surface area (Å²) in [5, 5.41) is 3.27. The molecule has 0 amide bonds. The number of aryl methyl sites for hydroxylation is 1. The summed E-state index contributed by atoms with van der Waals surface area (Å²) in [7, 11) is 0. The molecule has 0 saturated carbocycles. The van der Waals surface area contributed by atoms with E-state index < -0.39 is 0 Å². The van der Waals surface area contributed by atoms with Gasteiger partial charge in [0.2, 0.25) is 0 Å². The average molecular weight is 193 g/mol. The summed E-state index contributed by atoms with van der Waals surface area (Å²) in [6, 6.07) is 4.33. The quantitative estimate of drug-likeness (QED) is 0.702.